The maximum atomic E-state index is 10.9. The average molecular weight is 322 g/mol. The third-order valence-electron chi connectivity index (χ3n) is 2.90. The van der Waals surface area contributed by atoms with Gasteiger partial charge in [-0.05, 0) is 51.6 Å². The van der Waals surface area contributed by atoms with Crippen molar-refractivity contribution in [3.63, 3.8) is 0 Å². The van der Waals surface area contributed by atoms with Crippen molar-refractivity contribution < 1.29 is 18.4 Å². The molecule has 0 spiro atoms. The molecule has 2 aromatic rings. The Bertz CT molecular complexity index is 575. The predicted octanol–water partition coefficient (Wildman–Crippen LogP) is 2.97. The van der Waals surface area contributed by atoms with Gasteiger partial charge >= 0.3 is 6.09 Å². The van der Waals surface area contributed by atoms with Crippen LogP contribution in [0.4, 0.5) is 4.79 Å². The van der Waals surface area contributed by atoms with Gasteiger partial charge in [0, 0.05) is 19.4 Å². The van der Waals surface area contributed by atoms with Gasteiger partial charge in [-0.3, -0.25) is 0 Å². The third-order valence-corrected chi connectivity index (χ3v) is 2.90. The summed E-state index contributed by atoms with van der Waals surface area (Å²) in [5, 5.41) is 2.62. The smallest absolute Gasteiger partial charge is 0.407 e. The molecular formula is C17H26N2O4. The van der Waals surface area contributed by atoms with Crippen LogP contribution in [0.3, 0.4) is 0 Å². The summed E-state index contributed by atoms with van der Waals surface area (Å²) in [5.74, 6) is 3.70. The van der Waals surface area contributed by atoms with Gasteiger partial charge in [0.2, 0.25) is 0 Å². The number of nitrogens with two attached hydrogens (primary N) is 1. The first-order chi connectivity index (χ1) is 11.0. The number of ether oxygens (including phenoxy) is 1. The Balaban J connectivity index is 0.000000253. The van der Waals surface area contributed by atoms with Crippen molar-refractivity contribution in [3.05, 3.63) is 47.3 Å². The van der Waals surface area contributed by atoms with Gasteiger partial charge in [-0.2, -0.15) is 0 Å². The highest BCUT2D eigenvalue weighted by atomic mass is 16.5. The van der Waals surface area contributed by atoms with Crippen LogP contribution in [0.2, 0.25) is 0 Å². The zero-order chi connectivity index (χ0) is 17.1. The fourth-order valence-corrected chi connectivity index (χ4v) is 1.85. The summed E-state index contributed by atoms with van der Waals surface area (Å²) in [7, 11) is 0. The number of carbonyl (C=O) groups is 1. The van der Waals surface area contributed by atoms with Gasteiger partial charge in [-0.1, -0.05) is 0 Å². The topological polar surface area (TPSA) is 90.6 Å². The van der Waals surface area contributed by atoms with E-state index in [0.717, 1.165) is 29.5 Å². The van der Waals surface area contributed by atoms with Crippen LogP contribution < -0.4 is 11.1 Å². The minimum absolute atomic E-state index is 0.379. The van der Waals surface area contributed by atoms with Crippen LogP contribution in [0.1, 0.15) is 30.0 Å². The zero-order valence-electron chi connectivity index (χ0n) is 14.1. The Morgan fingerprint density at radius 3 is 2.09 bits per heavy atom. The summed E-state index contributed by atoms with van der Waals surface area (Å²) < 4.78 is 15.3. The summed E-state index contributed by atoms with van der Waals surface area (Å²) >= 11 is 0. The molecular weight excluding hydrogens is 296 g/mol. The first-order valence-electron chi connectivity index (χ1n) is 7.76. The van der Waals surface area contributed by atoms with Gasteiger partial charge in [0.1, 0.15) is 23.0 Å². The molecule has 0 atom stereocenters. The Morgan fingerprint density at radius 2 is 1.65 bits per heavy atom. The lowest BCUT2D eigenvalue weighted by molar-refractivity contribution is 0.152. The zero-order valence-corrected chi connectivity index (χ0v) is 14.1. The second-order valence-electron chi connectivity index (χ2n) is 4.96. The van der Waals surface area contributed by atoms with E-state index in [-0.39, 0.29) is 6.09 Å². The van der Waals surface area contributed by atoms with E-state index in [1.165, 1.54) is 0 Å². The Kier molecular flexibility index (Phi) is 8.60. The van der Waals surface area contributed by atoms with Gasteiger partial charge in [-0.15, -0.1) is 0 Å². The monoisotopic (exact) mass is 322 g/mol. The lowest BCUT2D eigenvalue weighted by Crippen LogP contribution is -2.26. The van der Waals surface area contributed by atoms with Crippen LogP contribution in [-0.4, -0.2) is 25.8 Å². The quantitative estimate of drug-likeness (QED) is 0.853. The van der Waals surface area contributed by atoms with E-state index in [9.17, 15) is 4.79 Å². The highest BCUT2D eigenvalue weighted by Gasteiger charge is 2.01. The second kappa shape index (κ2) is 10.5. The summed E-state index contributed by atoms with van der Waals surface area (Å²) in [4.78, 5) is 10.9. The molecule has 3 N–H and O–H groups in total. The number of nitrogens with one attached hydrogen (secondary N) is 1. The molecule has 0 bridgehead atoms. The molecule has 0 radical (unpaired) electrons. The number of rotatable bonds is 6. The van der Waals surface area contributed by atoms with Gasteiger partial charge in [0.05, 0.1) is 6.61 Å². The van der Waals surface area contributed by atoms with E-state index < -0.39 is 0 Å². The van der Waals surface area contributed by atoms with Gasteiger partial charge in [0.25, 0.3) is 0 Å². The summed E-state index contributed by atoms with van der Waals surface area (Å²) in [6.45, 7) is 7.18. The number of alkyl carbamates (subject to hydrolysis) is 1. The number of amides is 1. The lowest BCUT2D eigenvalue weighted by Gasteiger charge is -2.03. The Morgan fingerprint density at radius 1 is 1.09 bits per heavy atom. The maximum absolute atomic E-state index is 10.9. The van der Waals surface area contributed by atoms with Crippen LogP contribution in [0.25, 0.3) is 0 Å². The highest BCUT2D eigenvalue weighted by molar-refractivity contribution is 5.66. The number of aryl methyl sites for hydroxylation is 2. The molecule has 0 saturated heterocycles. The van der Waals surface area contributed by atoms with Gasteiger partial charge in [-0.25, -0.2) is 4.79 Å². The van der Waals surface area contributed by atoms with Crippen LogP contribution in [0.5, 0.6) is 0 Å². The maximum Gasteiger partial charge on any atom is 0.407 e. The van der Waals surface area contributed by atoms with Crippen LogP contribution in [0, 0.1) is 13.8 Å². The summed E-state index contributed by atoms with van der Waals surface area (Å²) in [6.07, 6.45) is 1.15. The van der Waals surface area contributed by atoms with Crippen molar-refractivity contribution in [2.24, 2.45) is 5.73 Å². The average Bonchev–Trinajstić information content (AvgIpc) is 3.09. The van der Waals surface area contributed by atoms with Crippen molar-refractivity contribution >= 4 is 6.09 Å². The van der Waals surface area contributed by atoms with Crippen molar-refractivity contribution in [3.8, 4) is 0 Å². The molecule has 6 heteroatoms. The number of furan rings is 2. The number of carbonyl (C=O) groups excluding carboxylic acids is 1. The van der Waals surface area contributed by atoms with Crippen molar-refractivity contribution in [2.75, 3.05) is 19.7 Å². The molecule has 0 aliphatic heterocycles. The molecule has 6 nitrogen and oxygen atoms in total. The standard InChI is InChI=1S/C10H15NO3.C7H11NO/c1-3-13-10(12)11-7-6-9-5-4-8(2)14-9;1-6-2-3-7(9-6)4-5-8/h4-5H,3,6-7H2,1-2H3,(H,11,12);2-3H,4-5,8H2,1H3. The number of hydrogen-bond donors (Lipinski definition) is 2. The molecule has 2 aromatic heterocycles. The fraction of sp³-hybridized carbons (Fsp3) is 0.471. The normalized spacial score (nSPS) is 9.91. The molecule has 0 fully saturated rings. The van der Waals surface area contributed by atoms with Gasteiger partial charge < -0.3 is 24.6 Å². The Labute approximate surface area is 137 Å². The molecule has 0 aliphatic carbocycles. The summed E-state index contributed by atoms with van der Waals surface area (Å²) in [5.41, 5.74) is 5.31. The largest absolute Gasteiger partial charge is 0.466 e. The van der Waals surface area contributed by atoms with Crippen LogP contribution >= 0.6 is 0 Å². The third kappa shape index (κ3) is 8.11. The minimum Gasteiger partial charge on any atom is -0.466 e. The first-order valence-corrected chi connectivity index (χ1v) is 7.76. The lowest BCUT2D eigenvalue weighted by atomic mass is 10.3. The second-order valence-corrected chi connectivity index (χ2v) is 4.96. The highest BCUT2D eigenvalue weighted by Crippen LogP contribution is 2.06. The number of hydrogen-bond acceptors (Lipinski definition) is 5. The molecule has 0 aliphatic rings. The van der Waals surface area contributed by atoms with Crippen LogP contribution in [0.15, 0.2) is 33.1 Å². The first kappa shape index (κ1) is 18.8. The predicted molar refractivity (Wildman–Crippen MR) is 88.4 cm³/mol. The molecule has 0 saturated carbocycles. The van der Waals surface area contributed by atoms with Crippen molar-refractivity contribution in [1.29, 1.82) is 0 Å². The van der Waals surface area contributed by atoms with E-state index in [1.807, 2.05) is 38.1 Å². The van der Waals surface area contributed by atoms with E-state index >= 15 is 0 Å². The SMILES string of the molecule is CCOC(=O)NCCc1ccc(C)o1.Cc1ccc(CCN)o1. The molecule has 2 heterocycles. The van der Waals surface area contributed by atoms with Crippen molar-refractivity contribution in [1.82, 2.24) is 5.32 Å². The fourth-order valence-electron chi connectivity index (χ4n) is 1.85. The summed E-state index contributed by atoms with van der Waals surface area (Å²) in [6, 6.07) is 7.72. The van der Waals surface area contributed by atoms with E-state index in [4.69, 9.17) is 19.3 Å². The van der Waals surface area contributed by atoms with E-state index in [0.29, 0.717) is 26.1 Å². The minimum atomic E-state index is -0.379. The van der Waals surface area contributed by atoms with Crippen LogP contribution in [-0.2, 0) is 17.6 Å². The Hall–Kier alpha value is -2.21. The van der Waals surface area contributed by atoms with E-state index in [1.54, 1.807) is 6.92 Å². The van der Waals surface area contributed by atoms with E-state index in [2.05, 4.69) is 5.32 Å². The van der Waals surface area contributed by atoms with Crippen molar-refractivity contribution in [2.45, 2.75) is 33.6 Å². The van der Waals surface area contributed by atoms with Gasteiger partial charge in [0.15, 0.2) is 0 Å². The molecule has 2 rings (SSSR count). The molecule has 128 valence electrons. The molecule has 0 unspecified atom stereocenters. The molecule has 23 heavy (non-hydrogen) atoms. The molecule has 0 aromatic carbocycles. The molecule has 1 amide bonds.